The SMILES string of the molecule is CC(N)C1c2ccc(Cl)cc2CCN1C. The Morgan fingerprint density at radius 1 is 1.53 bits per heavy atom. The van der Waals surface area contributed by atoms with Gasteiger partial charge in [-0.15, -0.1) is 0 Å². The standard InChI is InChI=1S/C12H17ClN2/c1-8(14)12-11-4-3-10(13)7-9(11)5-6-15(12)2/h3-4,7-8,12H,5-6,14H2,1-2H3. The molecule has 1 aromatic rings. The van der Waals surface area contributed by atoms with E-state index in [0.29, 0.717) is 6.04 Å². The van der Waals surface area contributed by atoms with E-state index in [1.807, 2.05) is 6.07 Å². The summed E-state index contributed by atoms with van der Waals surface area (Å²) in [6.07, 6.45) is 1.07. The van der Waals surface area contributed by atoms with E-state index in [2.05, 4.69) is 31.0 Å². The van der Waals surface area contributed by atoms with Crippen LogP contribution in [-0.4, -0.2) is 24.5 Å². The summed E-state index contributed by atoms with van der Waals surface area (Å²) in [4.78, 5) is 2.32. The Morgan fingerprint density at radius 2 is 2.27 bits per heavy atom. The zero-order valence-corrected chi connectivity index (χ0v) is 9.96. The van der Waals surface area contributed by atoms with Gasteiger partial charge in [-0.05, 0) is 43.7 Å². The van der Waals surface area contributed by atoms with Gasteiger partial charge in [0.25, 0.3) is 0 Å². The molecule has 2 unspecified atom stereocenters. The molecule has 0 saturated heterocycles. The maximum Gasteiger partial charge on any atom is 0.0496 e. The van der Waals surface area contributed by atoms with Gasteiger partial charge in [-0.3, -0.25) is 4.90 Å². The van der Waals surface area contributed by atoms with Gasteiger partial charge in [-0.25, -0.2) is 0 Å². The molecule has 0 spiro atoms. The Morgan fingerprint density at radius 3 is 2.93 bits per heavy atom. The van der Waals surface area contributed by atoms with Crippen LogP contribution in [0.5, 0.6) is 0 Å². The summed E-state index contributed by atoms with van der Waals surface area (Å²) in [5.74, 6) is 0. The van der Waals surface area contributed by atoms with Gasteiger partial charge in [0.05, 0.1) is 0 Å². The molecule has 0 aliphatic carbocycles. The van der Waals surface area contributed by atoms with Crippen LogP contribution < -0.4 is 5.73 Å². The van der Waals surface area contributed by atoms with E-state index >= 15 is 0 Å². The second-order valence-electron chi connectivity index (χ2n) is 4.38. The fourth-order valence-electron chi connectivity index (χ4n) is 2.44. The largest absolute Gasteiger partial charge is 0.326 e. The van der Waals surface area contributed by atoms with Crippen LogP contribution in [0.4, 0.5) is 0 Å². The summed E-state index contributed by atoms with van der Waals surface area (Å²) in [5.41, 5.74) is 8.72. The van der Waals surface area contributed by atoms with Gasteiger partial charge in [0.1, 0.15) is 0 Å². The van der Waals surface area contributed by atoms with Gasteiger partial charge in [-0.1, -0.05) is 17.7 Å². The van der Waals surface area contributed by atoms with Gasteiger partial charge >= 0.3 is 0 Å². The van der Waals surface area contributed by atoms with Crippen molar-refractivity contribution in [3.05, 3.63) is 34.3 Å². The normalized spacial score (nSPS) is 23.6. The molecule has 0 amide bonds. The van der Waals surface area contributed by atoms with Crippen molar-refractivity contribution in [2.75, 3.05) is 13.6 Å². The molecule has 82 valence electrons. The Kier molecular flexibility index (Phi) is 3.01. The number of hydrogen-bond donors (Lipinski definition) is 1. The van der Waals surface area contributed by atoms with Crippen molar-refractivity contribution >= 4 is 11.6 Å². The minimum Gasteiger partial charge on any atom is -0.326 e. The highest BCUT2D eigenvalue weighted by Crippen LogP contribution is 2.31. The zero-order valence-electron chi connectivity index (χ0n) is 9.20. The highest BCUT2D eigenvalue weighted by molar-refractivity contribution is 6.30. The molecule has 15 heavy (non-hydrogen) atoms. The van der Waals surface area contributed by atoms with Crippen LogP contribution in [0.3, 0.4) is 0 Å². The van der Waals surface area contributed by atoms with Crippen molar-refractivity contribution in [3.63, 3.8) is 0 Å². The molecule has 0 saturated carbocycles. The molecular weight excluding hydrogens is 208 g/mol. The number of nitrogens with two attached hydrogens (primary N) is 1. The predicted molar refractivity (Wildman–Crippen MR) is 64.2 cm³/mol. The molecule has 0 aromatic heterocycles. The zero-order chi connectivity index (χ0) is 11.0. The van der Waals surface area contributed by atoms with Gasteiger partial charge in [0.2, 0.25) is 0 Å². The first-order chi connectivity index (χ1) is 7.09. The quantitative estimate of drug-likeness (QED) is 0.793. The highest BCUT2D eigenvalue weighted by Gasteiger charge is 2.27. The summed E-state index contributed by atoms with van der Waals surface area (Å²) in [6.45, 7) is 3.12. The van der Waals surface area contributed by atoms with E-state index in [9.17, 15) is 0 Å². The maximum absolute atomic E-state index is 6.04. The topological polar surface area (TPSA) is 29.3 Å². The molecule has 0 radical (unpaired) electrons. The molecule has 1 aromatic carbocycles. The lowest BCUT2D eigenvalue weighted by atomic mass is 9.89. The Balaban J connectivity index is 2.43. The lowest BCUT2D eigenvalue weighted by Crippen LogP contribution is -2.41. The summed E-state index contributed by atoms with van der Waals surface area (Å²) < 4.78 is 0. The fourth-order valence-corrected chi connectivity index (χ4v) is 2.63. The van der Waals surface area contributed by atoms with Crippen molar-refractivity contribution in [1.29, 1.82) is 0 Å². The molecule has 1 aliphatic rings. The van der Waals surface area contributed by atoms with Crippen molar-refractivity contribution in [2.24, 2.45) is 5.73 Å². The molecular formula is C12H17ClN2. The van der Waals surface area contributed by atoms with Crippen LogP contribution in [-0.2, 0) is 6.42 Å². The summed E-state index contributed by atoms with van der Waals surface area (Å²) in [6, 6.07) is 6.61. The monoisotopic (exact) mass is 224 g/mol. The molecule has 1 heterocycles. The number of benzene rings is 1. The van der Waals surface area contributed by atoms with Gasteiger partial charge in [0, 0.05) is 23.7 Å². The predicted octanol–water partition coefficient (Wildman–Crippen LogP) is 2.22. The first kappa shape index (κ1) is 10.9. The van der Waals surface area contributed by atoms with Crippen LogP contribution in [0.25, 0.3) is 0 Å². The maximum atomic E-state index is 6.04. The van der Waals surface area contributed by atoms with Crippen LogP contribution >= 0.6 is 11.6 Å². The molecule has 2 nitrogen and oxygen atoms in total. The van der Waals surface area contributed by atoms with E-state index in [1.165, 1.54) is 11.1 Å². The highest BCUT2D eigenvalue weighted by atomic mass is 35.5. The van der Waals surface area contributed by atoms with Crippen molar-refractivity contribution < 1.29 is 0 Å². The number of rotatable bonds is 1. The van der Waals surface area contributed by atoms with Gasteiger partial charge in [0.15, 0.2) is 0 Å². The third-order valence-corrected chi connectivity index (χ3v) is 3.37. The third kappa shape index (κ3) is 2.03. The molecule has 2 atom stereocenters. The number of nitrogens with zero attached hydrogens (tertiary/aromatic N) is 1. The van der Waals surface area contributed by atoms with E-state index in [-0.39, 0.29) is 6.04 Å². The lowest BCUT2D eigenvalue weighted by molar-refractivity contribution is 0.206. The molecule has 3 heteroatoms. The Labute approximate surface area is 96.0 Å². The molecule has 2 N–H and O–H groups in total. The average Bonchev–Trinajstić information content (AvgIpc) is 2.17. The summed E-state index contributed by atoms with van der Waals surface area (Å²) in [7, 11) is 2.13. The van der Waals surface area contributed by atoms with Crippen molar-refractivity contribution in [3.8, 4) is 0 Å². The van der Waals surface area contributed by atoms with Crippen LogP contribution in [0.2, 0.25) is 5.02 Å². The minimum atomic E-state index is 0.148. The second-order valence-corrected chi connectivity index (χ2v) is 4.81. The van der Waals surface area contributed by atoms with E-state index in [0.717, 1.165) is 18.0 Å². The van der Waals surface area contributed by atoms with Gasteiger partial charge in [-0.2, -0.15) is 0 Å². The van der Waals surface area contributed by atoms with E-state index in [4.69, 9.17) is 17.3 Å². The summed E-state index contributed by atoms with van der Waals surface area (Å²) >= 11 is 6.00. The summed E-state index contributed by atoms with van der Waals surface area (Å²) in [5, 5.41) is 0.821. The average molecular weight is 225 g/mol. The smallest absolute Gasteiger partial charge is 0.0496 e. The number of hydrogen-bond acceptors (Lipinski definition) is 2. The minimum absolute atomic E-state index is 0.148. The molecule has 0 fully saturated rings. The van der Waals surface area contributed by atoms with Crippen LogP contribution in [0.15, 0.2) is 18.2 Å². The Bertz CT molecular complexity index is 363. The molecule has 2 rings (SSSR count). The van der Waals surface area contributed by atoms with E-state index < -0.39 is 0 Å². The number of halogens is 1. The fraction of sp³-hybridized carbons (Fsp3) is 0.500. The third-order valence-electron chi connectivity index (χ3n) is 3.13. The van der Waals surface area contributed by atoms with E-state index in [1.54, 1.807) is 0 Å². The second kappa shape index (κ2) is 4.12. The van der Waals surface area contributed by atoms with Crippen molar-refractivity contribution in [2.45, 2.75) is 25.4 Å². The Hall–Kier alpha value is -0.570. The van der Waals surface area contributed by atoms with Crippen LogP contribution in [0, 0.1) is 0 Å². The number of likely N-dealkylation sites (N-methyl/N-ethyl adjacent to an activating group) is 1. The first-order valence-corrected chi connectivity index (χ1v) is 5.71. The van der Waals surface area contributed by atoms with Crippen LogP contribution in [0.1, 0.15) is 24.1 Å². The van der Waals surface area contributed by atoms with Gasteiger partial charge < -0.3 is 5.73 Å². The first-order valence-electron chi connectivity index (χ1n) is 5.33. The number of fused-ring (bicyclic) bond motifs is 1. The molecule has 0 bridgehead atoms. The molecule has 1 aliphatic heterocycles. The van der Waals surface area contributed by atoms with Crippen molar-refractivity contribution in [1.82, 2.24) is 4.90 Å². The lowest BCUT2D eigenvalue weighted by Gasteiger charge is -2.37.